The minimum absolute atomic E-state index is 0.0990. The number of hydrogen-bond donors (Lipinski definition) is 3. The van der Waals surface area contributed by atoms with Crippen molar-refractivity contribution in [3.05, 3.63) is 18.0 Å². The Labute approximate surface area is 89.4 Å². The third kappa shape index (κ3) is 4.12. The van der Waals surface area contributed by atoms with Crippen LogP contribution in [0.3, 0.4) is 0 Å². The SMILES string of the molecule is CCCCC(N)C(=O)NCc1ccn[nH]1. The Hall–Kier alpha value is -1.36. The lowest BCUT2D eigenvalue weighted by Crippen LogP contribution is -2.40. The van der Waals surface area contributed by atoms with Gasteiger partial charge < -0.3 is 11.1 Å². The van der Waals surface area contributed by atoms with Gasteiger partial charge in [0.05, 0.1) is 18.3 Å². The van der Waals surface area contributed by atoms with E-state index in [1.165, 1.54) is 0 Å². The molecule has 0 aromatic carbocycles. The van der Waals surface area contributed by atoms with Gasteiger partial charge in [-0.25, -0.2) is 0 Å². The van der Waals surface area contributed by atoms with Crippen molar-refractivity contribution in [1.82, 2.24) is 15.5 Å². The maximum Gasteiger partial charge on any atom is 0.237 e. The van der Waals surface area contributed by atoms with E-state index in [9.17, 15) is 4.79 Å². The third-order valence-corrected chi connectivity index (χ3v) is 2.22. The Morgan fingerprint density at radius 3 is 3.13 bits per heavy atom. The molecule has 1 aromatic rings. The van der Waals surface area contributed by atoms with Crippen LogP contribution in [0.15, 0.2) is 12.3 Å². The van der Waals surface area contributed by atoms with Crippen molar-refractivity contribution in [2.24, 2.45) is 5.73 Å². The molecule has 1 unspecified atom stereocenters. The average Bonchev–Trinajstić information content (AvgIpc) is 2.75. The van der Waals surface area contributed by atoms with Crippen LogP contribution >= 0.6 is 0 Å². The number of hydrogen-bond acceptors (Lipinski definition) is 3. The second kappa shape index (κ2) is 6.19. The predicted octanol–water partition coefficient (Wildman–Crippen LogP) is 0.543. The number of nitrogens with two attached hydrogens (primary N) is 1. The van der Waals surface area contributed by atoms with Gasteiger partial charge in [-0.1, -0.05) is 19.8 Å². The highest BCUT2D eigenvalue weighted by Crippen LogP contribution is 1.98. The zero-order chi connectivity index (χ0) is 11.1. The molecule has 1 aromatic heterocycles. The van der Waals surface area contributed by atoms with Gasteiger partial charge in [0.25, 0.3) is 0 Å². The van der Waals surface area contributed by atoms with E-state index in [0.29, 0.717) is 6.54 Å². The van der Waals surface area contributed by atoms with Gasteiger partial charge in [0.1, 0.15) is 0 Å². The van der Waals surface area contributed by atoms with Crippen LogP contribution in [0.1, 0.15) is 31.9 Å². The molecule has 0 fully saturated rings. The quantitative estimate of drug-likeness (QED) is 0.641. The number of unbranched alkanes of at least 4 members (excludes halogenated alkanes) is 1. The standard InChI is InChI=1S/C10H18N4O/c1-2-3-4-9(11)10(15)12-7-8-5-6-13-14-8/h5-6,9H,2-4,7,11H2,1H3,(H,12,15)(H,13,14). The van der Waals surface area contributed by atoms with Crippen molar-refractivity contribution in [2.75, 3.05) is 0 Å². The van der Waals surface area contributed by atoms with Crippen LogP contribution < -0.4 is 11.1 Å². The lowest BCUT2D eigenvalue weighted by molar-refractivity contribution is -0.122. The van der Waals surface area contributed by atoms with Gasteiger partial charge in [-0.15, -0.1) is 0 Å². The molecule has 4 N–H and O–H groups in total. The first-order valence-corrected chi connectivity index (χ1v) is 5.25. The number of amides is 1. The highest BCUT2D eigenvalue weighted by molar-refractivity contribution is 5.81. The fourth-order valence-electron chi connectivity index (χ4n) is 1.25. The smallest absolute Gasteiger partial charge is 0.237 e. The van der Waals surface area contributed by atoms with E-state index in [0.717, 1.165) is 25.0 Å². The number of aromatic nitrogens is 2. The molecule has 0 saturated heterocycles. The first kappa shape index (κ1) is 11.7. The van der Waals surface area contributed by atoms with E-state index >= 15 is 0 Å². The summed E-state index contributed by atoms with van der Waals surface area (Å²) in [7, 11) is 0. The lowest BCUT2D eigenvalue weighted by Gasteiger charge is -2.10. The summed E-state index contributed by atoms with van der Waals surface area (Å²) in [6.07, 6.45) is 4.43. The summed E-state index contributed by atoms with van der Waals surface area (Å²) in [4.78, 5) is 11.5. The van der Waals surface area contributed by atoms with Gasteiger partial charge in [0.2, 0.25) is 5.91 Å². The molecule has 5 nitrogen and oxygen atoms in total. The zero-order valence-corrected chi connectivity index (χ0v) is 8.99. The van der Waals surface area contributed by atoms with Crippen LogP contribution in [0, 0.1) is 0 Å². The second-order valence-electron chi connectivity index (χ2n) is 3.55. The van der Waals surface area contributed by atoms with E-state index in [-0.39, 0.29) is 5.91 Å². The number of nitrogens with one attached hydrogen (secondary N) is 2. The Morgan fingerprint density at radius 2 is 2.53 bits per heavy atom. The summed E-state index contributed by atoms with van der Waals surface area (Å²) in [5.74, 6) is -0.0990. The zero-order valence-electron chi connectivity index (χ0n) is 8.99. The summed E-state index contributed by atoms with van der Waals surface area (Å²) in [5.41, 5.74) is 6.59. The molecule has 1 atom stereocenters. The van der Waals surface area contributed by atoms with Crippen molar-refractivity contribution in [2.45, 2.75) is 38.8 Å². The van der Waals surface area contributed by atoms with Crippen LogP contribution in [0.2, 0.25) is 0 Å². The highest BCUT2D eigenvalue weighted by Gasteiger charge is 2.11. The van der Waals surface area contributed by atoms with E-state index in [2.05, 4.69) is 22.4 Å². The molecule has 1 amide bonds. The number of nitrogens with zero attached hydrogens (tertiary/aromatic N) is 1. The molecule has 0 spiro atoms. The highest BCUT2D eigenvalue weighted by atomic mass is 16.2. The molecule has 1 heterocycles. The van der Waals surface area contributed by atoms with E-state index in [4.69, 9.17) is 5.73 Å². The third-order valence-electron chi connectivity index (χ3n) is 2.22. The summed E-state index contributed by atoms with van der Waals surface area (Å²) >= 11 is 0. The summed E-state index contributed by atoms with van der Waals surface area (Å²) < 4.78 is 0. The lowest BCUT2D eigenvalue weighted by atomic mass is 10.1. The summed E-state index contributed by atoms with van der Waals surface area (Å²) in [6.45, 7) is 2.54. The van der Waals surface area contributed by atoms with Crippen LogP contribution in [-0.2, 0) is 11.3 Å². The largest absolute Gasteiger partial charge is 0.349 e. The van der Waals surface area contributed by atoms with Gasteiger partial charge in [-0.05, 0) is 12.5 Å². The molecule has 0 aliphatic carbocycles. The average molecular weight is 210 g/mol. The maximum absolute atomic E-state index is 11.5. The van der Waals surface area contributed by atoms with Crippen LogP contribution in [0.5, 0.6) is 0 Å². The maximum atomic E-state index is 11.5. The van der Waals surface area contributed by atoms with Gasteiger partial charge in [0, 0.05) is 6.20 Å². The van der Waals surface area contributed by atoms with Gasteiger partial charge in [0.15, 0.2) is 0 Å². The van der Waals surface area contributed by atoms with Crippen LogP contribution in [0.25, 0.3) is 0 Å². The number of carbonyl (C=O) groups is 1. The molecule has 0 aliphatic heterocycles. The Morgan fingerprint density at radius 1 is 1.73 bits per heavy atom. The minimum Gasteiger partial charge on any atom is -0.349 e. The molecule has 0 saturated carbocycles. The fourth-order valence-corrected chi connectivity index (χ4v) is 1.25. The first-order chi connectivity index (χ1) is 7.24. The molecule has 0 bridgehead atoms. The summed E-state index contributed by atoms with van der Waals surface area (Å²) in [5, 5.41) is 9.31. The van der Waals surface area contributed by atoms with Crippen molar-refractivity contribution in [3.63, 3.8) is 0 Å². The normalized spacial score (nSPS) is 12.4. The monoisotopic (exact) mass is 210 g/mol. The molecule has 15 heavy (non-hydrogen) atoms. The fraction of sp³-hybridized carbons (Fsp3) is 0.600. The van der Waals surface area contributed by atoms with Crippen molar-refractivity contribution in [1.29, 1.82) is 0 Å². The Kier molecular flexibility index (Phi) is 4.83. The molecular weight excluding hydrogens is 192 g/mol. The van der Waals surface area contributed by atoms with E-state index in [1.807, 2.05) is 6.07 Å². The molecule has 0 radical (unpaired) electrons. The number of aromatic amines is 1. The first-order valence-electron chi connectivity index (χ1n) is 5.25. The van der Waals surface area contributed by atoms with Gasteiger partial charge >= 0.3 is 0 Å². The number of rotatable bonds is 6. The predicted molar refractivity (Wildman–Crippen MR) is 57.9 cm³/mol. The number of H-pyrrole nitrogens is 1. The van der Waals surface area contributed by atoms with Crippen molar-refractivity contribution in [3.8, 4) is 0 Å². The number of carbonyl (C=O) groups excluding carboxylic acids is 1. The van der Waals surface area contributed by atoms with Crippen LogP contribution in [-0.4, -0.2) is 22.1 Å². The molecule has 0 aliphatic rings. The minimum atomic E-state index is -0.395. The van der Waals surface area contributed by atoms with E-state index < -0.39 is 6.04 Å². The Bertz CT molecular complexity index is 284. The van der Waals surface area contributed by atoms with Crippen molar-refractivity contribution < 1.29 is 4.79 Å². The molecule has 1 rings (SSSR count). The van der Waals surface area contributed by atoms with Crippen molar-refractivity contribution >= 4 is 5.91 Å². The van der Waals surface area contributed by atoms with Gasteiger partial charge in [-0.3, -0.25) is 9.89 Å². The summed E-state index contributed by atoms with van der Waals surface area (Å²) in [6, 6.07) is 1.42. The molecule has 84 valence electrons. The topological polar surface area (TPSA) is 83.8 Å². The van der Waals surface area contributed by atoms with Gasteiger partial charge in [-0.2, -0.15) is 5.10 Å². The molecular formula is C10H18N4O. The van der Waals surface area contributed by atoms with E-state index in [1.54, 1.807) is 6.20 Å². The second-order valence-corrected chi connectivity index (χ2v) is 3.55. The molecule has 5 heteroatoms. The van der Waals surface area contributed by atoms with Crippen LogP contribution in [0.4, 0.5) is 0 Å². The Balaban J connectivity index is 2.23.